The van der Waals surface area contributed by atoms with E-state index in [-0.39, 0.29) is 17.2 Å². The maximum atomic E-state index is 12.9. The van der Waals surface area contributed by atoms with Gasteiger partial charge in [-0.2, -0.15) is 0 Å². The summed E-state index contributed by atoms with van der Waals surface area (Å²) in [6, 6.07) is 10.4. The van der Waals surface area contributed by atoms with Gasteiger partial charge in [0.05, 0.1) is 23.4 Å². The van der Waals surface area contributed by atoms with E-state index in [1.807, 2.05) is 12.1 Å². The third-order valence-electron chi connectivity index (χ3n) is 5.05. The molecule has 1 heterocycles. The van der Waals surface area contributed by atoms with Crippen LogP contribution in [0.1, 0.15) is 29.5 Å². The van der Waals surface area contributed by atoms with Crippen molar-refractivity contribution in [2.24, 2.45) is 0 Å². The third kappa shape index (κ3) is 4.57. The van der Waals surface area contributed by atoms with Gasteiger partial charge in [0, 0.05) is 18.7 Å². The fraction of sp³-hybridized carbons (Fsp3) is 0.400. The number of ether oxygens (including phenoxy) is 1. The van der Waals surface area contributed by atoms with Gasteiger partial charge in [-0.25, -0.2) is 21.6 Å². The lowest BCUT2D eigenvalue weighted by Gasteiger charge is -2.30. The first-order valence-corrected chi connectivity index (χ1v) is 12.5. The summed E-state index contributed by atoms with van der Waals surface area (Å²) in [4.78, 5) is 0.142. The fourth-order valence-corrected chi connectivity index (χ4v) is 6.50. The molecular formula is C20H26N2O5S2. The summed E-state index contributed by atoms with van der Waals surface area (Å²) >= 11 is 0. The van der Waals surface area contributed by atoms with Crippen LogP contribution in [0.25, 0.3) is 0 Å². The molecule has 0 saturated carbocycles. The van der Waals surface area contributed by atoms with E-state index < -0.39 is 20.0 Å². The number of aryl methyl sites for hydroxylation is 2. The number of hydrogen-bond donors (Lipinski definition) is 1. The molecule has 0 aliphatic carbocycles. The van der Waals surface area contributed by atoms with Crippen molar-refractivity contribution < 1.29 is 21.6 Å². The van der Waals surface area contributed by atoms with Crippen LogP contribution in [-0.2, 0) is 26.6 Å². The minimum Gasteiger partial charge on any atom is -0.496 e. The van der Waals surface area contributed by atoms with Crippen molar-refractivity contribution in [3.63, 3.8) is 0 Å². The largest absolute Gasteiger partial charge is 0.496 e. The van der Waals surface area contributed by atoms with Gasteiger partial charge in [-0.3, -0.25) is 4.31 Å². The van der Waals surface area contributed by atoms with Crippen LogP contribution < -0.4 is 13.8 Å². The molecular weight excluding hydrogens is 412 g/mol. The molecule has 3 rings (SSSR count). The molecule has 1 saturated heterocycles. The number of hydrogen-bond acceptors (Lipinski definition) is 5. The molecule has 0 bridgehead atoms. The first-order chi connectivity index (χ1) is 13.7. The Bertz CT molecular complexity index is 1110. The summed E-state index contributed by atoms with van der Waals surface area (Å²) < 4.78 is 60.0. The van der Waals surface area contributed by atoms with E-state index >= 15 is 0 Å². The number of anilines is 1. The number of methoxy groups -OCH3 is 1. The van der Waals surface area contributed by atoms with Crippen LogP contribution in [0, 0.1) is 13.8 Å². The maximum absolute atomic E-state index is 12.9. The second-order valence-corrected chi connectivity index (χ2v) is 10.9. The number of nitrogens with zero attached hydrogens (tertiary/aromatic N) is 1. The average molecular weight is 439 g/mol. The van der Waals surface area contributed by atoms with Crippen molar-refractivity contribution >= 4 is 25.7 Å². The number of rotatable bonds is 6. The number of benzene rings is 2. The van der Waals surface area contributed by atoms with Crippen molar-refractivity contribution in [2.45, 2.75) is 38.1 Å². The summed E-state index contributed by atoms with van der Waals surface area (Å²) in [5.74, 6) is 0.722. The van der Waals surface area contributed by atoms with E-state index in [9.17, 15) is 16.8 Å². The SMILES string of the molecule is COc1ccccc1CNS(=O)(=O)c1cc(C)c(N2CCCCS2(=O)=O)cc1C. The molecule has 0 radical (unpaired) electrons. The van der Waals surface area contributed by atoms with E-state index in [1.54, 1.807) is 38.1 Å². The van der Waals surface area contributed by atoms with Gasteiger partial charge in [-0.1, -0.05) is 18.2 Å². The van der Waals surface area contributed by atoms with Crippen molar-refractivity contribution in [1.82, 2.24) is 4.72 Å². The number of sulfonamides is 2. The van der Waals surface area contributed by atoms with E-state index in [1.165, 1.54) is 11.4 Å². The average Bonchev–Trinajstić information content (AvgIpc) is 2.68. The lowest BCUT2D eigenvalue weighted by Crippen LogP contribution is -2.38. The van der Waals surface area contributed by atoms with Crippen molar-refractivity contribution in [3.8, 4) is 5.75 Å². The van der Waals surface area contributed by atoms with Crippen molar-refractivity contribution in [1.29, 1.82) is 0 Å². The lowest BCUT2D eigenvalue weighted by molar-refractivity contribution is 0.409. The Hall–Kier alpha value is -2.10. The maximum Gasteiger partial charge on any atom is 0.241 e. The third-order valence-corrected chi connectivity index (χ3v) is 8.44. The van der Waals surface area contributed by atoms with Gasteiger partial charge in [0.1, 0.15) is 5.75 Å². The van der Waals surface area contributed by atoms with Crippen molar-refractivity contribution in [2.75, 3.05) is 23.7 Å². The summed E-state index contributed by atoms with van der Waals surface area (Å²) in [6.45, 7) is 3.92. The van der Waals surface area contributed by atoms with Gasteiger partial charge >= 0.3 is 0 Å². The van der Waals surface area contributed by atoms with Crippen LogP contribution in [0.4, 0.5) is 5.69 Å². The van der Waals surface area contributed by atoms with Gasteiger partial charge in [-0.05, 0) is 56.0 Å². The molecule has 7 nitrogen and oxygen atoms in total. The minimum absolute atomic E-state index is 0.0904. The Kier molecular flexibility index (Phi) is 6.21. The second-order valence-electron chi connectivity index (χ2n) is 7.14. The summed E-state index contributed by atoms with van der Waals surface area (Å²) in [5.41, 5.74) is 2.38. The molecule has 0 unspecified atom stereocenters. The van der Waals surface area contributed by atoms with E-state index in [0.29, 0.717) is 35.5 Å². The first kappa shape index (κ1) is 21.6. The molecule has 1 aliphatic heterocycles. The van der Waals surface area contributed by atoms with Gasteiger partial charge in [0.15, 0.2) is 0 Å². The Balaban J connectivity index is 1.89. The molecule has 2 aromatic carbocycles. The molecule has 1 N–H and O–H groups in total. The smallest absolute Gasteiger partial charge is 0.241 e. The van der Waals surface area contributed by atoms with Crippen molar-refractivity contribution in [3.05, 3.63) is 53.1 Å². The van der Waals surface area contributed by atoms with Crippen LogP contribution in [-0.4, -0.2) is 36.2 Å². The molecule has 0 atom stereocenters. The zero-order valence-electron chi connectivity index (χ0n) is 16.8. The second kappa shape index (κ2) is 8.33. The quantitative estimate of drug-likeness (QED) is 0.749. The highest BCUT2D eigenvalue weighted by Crippen LogP contribution is 2.31. The van der Waals surface area contributed by atoms with E-state index in [4.69, 9.17) is 4.74 Å². The van der Waals surface area contributed by atoms with Gasteiger partial charge in [-0.15, -0.1) is 0 Å². The first-order valence-electron chi connectivity index (χ1n) is 9.39. The molecule has 0 amide bonds. The van der Waals surface area contributed by atoms with E-state index in [0.717, 1.165) is 12.0 Å². The number of para-hydroxylation sites is 1. The topological polar surface area (TPSA) is 92.8 Å². The van der Waals surface area contributed by atoms with Gasteiger partial charge < -0.3 is 4.74 Å². The highest BCUT2D eigenvalue weighted by Gasteiger charge is 2.28. The predicted molar refractivity (Wildman–Crippen MR) is 113 cm³/mol. The Labute approximate surface area is 172 Å². The molecule has 0 spiro atoms. The molecule has 2 aromatic rings. The summed E-state index contributed by atoms with van der Waals surface area (Å²) in [7, 11) is -5.61. The molecule has 1 aliphatic rings. The monoisotopic (exact) mass is 438 g/mol. The molecule has 9 heteroatoms. The molecule has 158 valence electrons. The molecule has 1 fully saturated rings. The Morgan fingerprint density at radius 3 is 2.52 bits per heavy atom. The Morgan fingerprint density at radius 2 is 1.83 bits per heavy atom. The Morgan fingerprint density at radius 1 is 1.10 bits per heavy atom. The minimum atomic E-state index is -3.79. The zero-order valence-corrected chi connectivity index (χ0v) is 18.4. The highest BCUT2D eigenvalue weighted by molar-refractivity contribution is 7.92. The van der Waals surface area contributed by atoms with Crippen LogP contribution in [0.2, 0.25) is 0 Å². The molecule has 29 heavy (non-hydrogen) atoms. The summed E-state index contributed by atoms with van der Waals surface area (Å²) in [5, 5.41) is 0. The van der Waals surface area contributed by atoms with E-state index in [2.05, 4.69) is 4.72 Å². The van der Waals surface area contributed by atoms with Crippen LogP contribution >= 0.6 is 0 Å². The fourth-order valence-electron chi connectivity index (χ4n) is 3.49. The van der Waals surface area contributed by atoms with Gasteiger partial charge in [0.25, 0.3) is 0 Å². The standard InChI is InChI=1S/C20H26N2O5S2/c1-15-13-20(16(2)12-18(15)22-10-6-7-11-28(22,23)24)29(25,26)21-14-17-8-4-5-9-19(17)27-3/h4-5,8-9,12-13,21H,6-7,10-11,14H2,1-3H3. The van der Waals surface area contributed by atoms with Crippen LogP contribution in [0.15, 0.2) is 41.3 Å². The predicted octanol–water partition coefficient (Wildman–Crippen LogP) is 2.72. The normalized spacial score (nSPS) is 16.6. The molecule has 0 aromatic heterocycles. The highest BCUT2D eigenvalue weighted by atomic mass is 32.2. The lowest BCUT2D eigenvalue weighted by atomic mass is 10.1. The summed E-state index contributed by atoms with van der Waals surface area (Å²) in [6.07, 6.45) is 1.44. The zero-order chi connectivity index (χ0) is 21.2. The van der Waals surface area contributed by atoms with Gasteiger partial charge in [0.2, 0.25) is 20.0 Å². The van der Waals surface area contributed by atoms with Crippen LogP contribution in [0.3, 0.4) is 0 Å². The van der Waals surface area contributed by atoms with Crippen LogP contribution in [0.5, 0.6) is 5.75 Å². The number of nitrogens with one attached hydrogen (secondary N) is 1.